The molecule has 1 unspecified atom stereocenters. The average Bonchev–Trinajstić information content (AvgIpc) is 1.60. The van der Waals surface area contributed by atoms with Gasteiger partial charge in [-0.15, -0.1) is 0 Å². The molecule has 0 saturated heterocycles. The second kappa shape index (κ2) is 3.25. The van der Waals surface area contributed by atoms with Crippen molar-refractivity contribution >= 4 is 0 Å². The minimum atomic E-state index is -2.71. The van der Waals surface area contributed by atoms with Crippen molar-refractivity contribution in [2.24, 2.45) is 5.92 Å². The Morgan fingerprint density at radius 3 is 2.10 bits per heavy atom. The van der Waals surface area contributed by atoms with E-state index in [2.05, 4.69) is 0 Å². The number of rotatable bonds is 3. The lowest BCUT2D eigenvalue weighted by Crippen LogP contribution is -2.31. The Balaban J connectivity index is 3.73. The summed E-state index contributed by atoms with van der Waals surface area (Å²) >= 11 is 0. The van der Waals surface area contributed by atoms with Gasteiger partial charge in [0.25, 0.3) is 0 Å². The zero-order valence-corrected chi connectivity index (χ0v) is 6.43. The summed E-state index contributed by atoms with van der Waals surface area (Å²) in [5.41, 5.74) is 0. The Hall–Kier alpha value is -0.220. The molecule has 4 heteroatoms. The van der Waals surface area contributed by atoms with Gasteiger partial charge < -0.3 is 5.21 Å². The van der Waals surface area contributed by atoms with Gasteiger partial charge in [0, 0.05) is 19.5 Å². The van der Waals surface area contributed by atoms with E-state index in [0.717, 1.165) is 12.0 Å². The van der Waals surface area contributed by atoms with Crippen molar-refractivity contribution in [3.05, 3.63) is 0 Å². The smallest absolute Gasteiger partial charge is 0.249 e. The van der Waals surface area contributed by atoms with Crippen molar-refractivity contribution < 1.29 is 14.0 Å². The summed E-state index contributed by atoms with van der Waals surface area (Å²) in [6, 6.07) is 0. The van der Waals surface area contributed by atoms with Crippen LogP contribution in [0.2, 0.25) is 0 Å². The molecule has 1 N–H and O–H groups in total. The van der Waals surface area contributed by atoms with Gasteiger partial charge in [0.2, 0.25) is 5.92 Å². The lowest BCUT2D eigenvalue weighted by atomic mass is 10.1. The van der Waals surface area contributed by atoms with Gasteiger partial charge in [-0.3, -0.25) is 0 Å². The van der Waals surface area contributed by atoms with Gasteiger partial charge in [-0.2, -0.15) is 5.06 Å². The molecule has 0 radical (unpaired) electrons. The highest BCUT2D eigenvalue weighted by Crippen LogP contribution is 2.23. The Bertz CT molecular complexity index is 100. The van der Waals surface area contributed by atoms with E-state index in [4.69, 9.17) is 5.21 Å². The summed E-state index contributed by atoms with van der Waals surface area (Å²) in [7, 11) is 1.35. The van der Waals surface area contributed by atoms with E-state index < -0.39 is 11.8 Å². The number of halogens is 2. The monoisotopic (exact) mass is 153 g/mol. The second-order valence-electron chi connectivity index (χ2n) is 2.70. The second-order valence-corrected chi connectivity index (χ2v) is 2.70. The maximum absolute atomic E-state index is 12.3. The fourth-order valence-electron chi connectivity index (χ4n) is 0.557. The molecule has 0 heterocycles. The van der Waals surface area contributed by atoms with Crippen molar-refractivity contribution in [2.45, 2.75) is 19.8 Å². The van der Waals surface area contributed by atoms with Crippen LogP contribution in [0.3, 0.4) is 0 Å². The molecule has 62 valence electrons. The van der Waals surface area contributed by atoms with Gasteiger partial charge >= 0.3 is 0 Å². The topological polar surface area (TPSA) is 23.5 Å². The van der Waals surface area contributed by atoms with Crippen LogP contribution in [0.15, 0.2) is 0 Å². The highest BCUT2D eigenvalue weighted by Gasteiger charge is 2.30. The molecule has 2 nitrogen and oxygen atoms in total. The average molecular weight is 153 g/mol. The van der Waals surface area contributed by atoms with Crippen molar-refractivity contribution in [2.75, 3.05) is 13.6 Å². The third-order valence-corrected chi connectivity index (χ3v) is 1.40. The van der Waals surface area contributed by atoms with Gasteiger partial charge in [-0.05, 0) is 6.92 Å². The first kappa shape index (κ1) is 9.78. The van der Waals surface area contributed by atoms with E-state index in [1.165, 1.54) is 14.0 Å². The Kier molecular flexibility index (Phi) is 3.18. The van der Waals surface area contributed by atoms with E-state index in [1.807, 2.05) is 0 Å². The molecule has 0 bridgehead atoms. The fraction of sp³-hybridized carbons (Fsp3) is 1.00. The van der Waals surface area contributed by atoms with E-state index >= 15 is 0 Å². The largest absolute Gasteiger partial charge is 0.314 e. The predicted octanol–water partition coefficient (Wildman–Crippen LogP) is 1.60. The van der Waals surface area contributed by atoms with E-state index in [0.29, 0.717) is 0 Å². The molecule has 0 fully saturated rings. The molecule has 0 aromatic rings. The maximum atomic E-state index is 12.3. The molecule has 0 saturated carbocycles. The third kappa shape index (κ3) is 3.74. The van der Waals surface area contributed by atoms with Crippen LogP contribution in [0.25, 0.3) is 0 Å². The van der Waals surface area contributed by atoms with Gasteiger partial charge in [0.15, 0.2) is 0 Å². The molecule has 10 heavy (non-hydrogen) atoms. The van der Waals surface area contributed by atoms with Crippen LogP contribution in [0.4, 0.5) is 8.78 Å². The number of hydrogen-bond acceptors (Lipinski definition) is 2. The number of hydrogen-bond donors (Lipinski definition) is 1. The van der Waals surface area contributed by atoms with Crippen molar-refractivity contribution in [1.82, 2.24) is 5.06 Å². The standard InChI is InChI=1S/C6H13F2NO/c1-5(4-9(3)10)6(2,7)8/h5,10H,4H2,1-3H3. The molecular weight excluding hydrogens is 140 g/mol. The Labute approximate surface area is 59.4 Å². The fourth-order valence-corrected chi connectivity index (χ4v) is 0.557. The minimum absolute atomic E-state index is 0.0104. The van der Waals surface area contributed by atoms with Gasteiger partial charge in [-0.25, -0.2) is 8.78 Å². The van der Waals surface area contributed by atoms with Crippen LogP contribution in [0.5, 0.6) is 0 Å². The molecule has 0 aliphatic heterocycles. The molecule has 1 atom stereocenters. The van der Waals surface area contributed by atoms with Crippen LogP contribution in [-0.2, 0) is 0 Å². The zero-order chi connectivity index (χ0) is 8.36. The van der Waals surface area contributed by atoms with Crippen LogP contribution in [-0.4, -0.2) is 29.8 Å². The number of alkyl halides is 2. The normalized spacial score (nSPS) is 15.9. The van der Waals surface area contributed by atoms with E-state index in [9.17, 15) is 8.78 Å². The lowest BCUT2D eigenvalue weighted by molar-refractivity contribution is -0.116. The van der Waals surface area contributed by atoms with Crippen molar-refractivity contribution in [3.63, 3.8) is 0 Å². The quantitative estimate of drug-likeness (QED) is 0.622. The molecule has 0 aromatic carbocycles. The Morgan fingerprint density at radius 2 is 2.00 bits per heavy atom. The van der Waals surface area contributed by atoms with Crippen molar-refractivity contribution in [1.29, 1.82) is 0 Å². The summed E-state index contributed by atoms with van der Waals surface area (Å²) in [5.74, 6) is -3.53. The summed E-state index contributed by atoms with van der Waals surface area (Å²) in [6.07, 6.45) is 0. The SMILES string of the molecule is CC(CN(C)O)C(C)(F)F. The summed E-state index contributed by atoms with van der Waals surface area (Å²) in [6.45, 7) is 2.23. The summed E-state index contributed by atoms with van der Waals surface area (Å²) < 4.78 is 24.7. The number of nitrogens with zero attached hydrogens (tertiary/aromatic N) is 1. The van der Waals surface area contributed by atoms with Gasteiger partial charge in [0.05, 0.1) is 0 Å². The molecule has 0 aliphatic rings. The predicted molar refractivity (Wildman–Crippen MR) is 34.2 cm³/mol. The van der Waals surface area contributed by atoms with Crippen LogP contribution >= 0.6 is 0 Å². The first-order valence-electron chi connectivity index (χ1n) is 3.12. The third-order valence-electron chi connectivity index (χ3n) is 1.40. The molecule has 0 aromatic heterocycles. The highest BCUT2D eigenvalue weighted by molar-refractivity contribution is 4.68. The molecule has 0 rings (SSSR count). The molecule has 0 spiro atoms. The first-order chi connectivity index (χ1) is 4.34. The van der Waals surface area contributed by atoms with Gasteiger partial charge in [0.1, 0.15) is 0 Å². The van der Waals surface area contributed by atoms with Crippen LogP contribution < -0.4 is 0 Å². The lowest BCUT2D eigenvalue weighted by Gasteiger charge is -2.21. The van der Waals surface area contributed by atoms with Gasteiger partial charge in [-0.1, -0.05) is 6.92 Å². The van der Waals surface area contributed by atoms with Crippen molar-refractivity contribution in [3.8, 4) is 0 Å². The van der Waals surface area contributed by atoms with Crippen LogP contribution in [0.1, 0.15) is 13.8 Å². The molecular formula is C6H13F2NO. The summed E-state index contributed by atoms with van der Waals surface area (Å²) in [5, 5.41) is 9.35. The Morgan fingerprint density at radius 1 is 1.60 bits per heavy atom. The summed E-state index contributed by atoms with van der Waals surface area (Å²) in [4.78, 5) is 0. The zero-order valence-electron chi connectivity index (χ0n) is 6.43. The maximum Gasteiger partial charge on any atom is 0.249 e. The van der Waals surface area contributed by atoms with E-state index in [1.54, 1.807) is 0 Å². The van der Waals surface area contributed by atoms with Crippen LogP contribution in [0, 0.1) is 5.92 Å². The number of hydroxylamine groups is 2. The minimum Gasteiger partial charge on any atom is -0.314 e. The molecule has 0 aliphatic carbocycles. The first-order valence-corrected chi connectivity index (χ1v) is 3.12. The molecule has 0 amide bonds. The van der Waals surface area contributed by atoms with E-state index in [-0.39, 0.29) is 6.54 Å². The highest BCUT2D eigenvalue weighted by atomic mass is 19.3.